The van der Waals surface area contributed by atoms with E-state index in [-0.39, 0.29) is 13.0 Å². The molecule has 5 nitrogen and oxygen atoms in total. The van der Waals surface area contributed by atoms with Crippen molar-refractivity contribution in [3.8, 4) is 11.5 Å². The van der Waals surface area contributed by atoms with Crippen LogP contribution in [0.4, 0.5) is 17.6 Å². The molecule has 0 saturated carbocycles. The van der Waals surface area contributed by atoms with Crippen LogP contribution in [0.15, 0.2) is 42.5 Å². The van der Waals surface area contributed by atoms with Gasteiger partial charge in [0.15, 0.2) is 11.6 Å². The first kappa shape index (κ1) is 19.9. The second-order valence-electron chi connectivity index (χ2n) is 6.47. The van der Waals surface area contributed by atoms with E-state index < -0.39 is 29.3 Å². The molecule has 0 atom stereocenters. The van der Waals surface area contributed by atoms with Crippen molar-refractivity contribution in [2.45, 2.75) is 24.8 Å². The third kappa shape index (κ3) is 4.72. The van der Waals surface area contributed by atoms with Gasteiger partial charge in [-0.15, -0.1) is 13.2 Å². The van der Waals surface area contributed by atoms with Crippen LogP contribution in [0.1, 0.15) is 17.5 Å². The van der Waals surface area contributed by atoms with Crippen molar-refractivity contribution in [2.24, 2.45) is 0 Å². The highest BCUT2D eigenvalue weighted by Crippen LogP contribution is 2.36. The Morgan fingerprint density at radius 1 is 1.14 bits per heavy atom. The van der Waals surface area contributed by atoms with Gasteiger partial charge in [0.25, 0.3) is 0 Å². The van der Waals surface area contributed by atoms with E-state index in [4.69, 9.17) is 14.6 Å². The van der Waals surface area contributed by atoms with Gasteiger partial charge in [-0.25, -0.2) is 4.39 Å². The Morgan fingerprint density at radius 3 is 2.32 bits per heavy atom. The molecule has 1 fully saturated rings. The summed E-state index contributed by atoms with van der Waals surface area (Å²) in [5.74, 6) is -2.52. The monoisotopic (exact) mass is 400 g/mol. The fourth-order valence-electron chi connectivity index (χ4n) is 2.92. The molecule has 1 aliphatic heterocycles. The Bertz CT molecular complexity index is 844. The molecule has 1 aliphatic rings. The van der Waals surface area contributed by atoms with E-state index in [0.29, 0.717) is 24.5 Å². The molecule has 28 heavy (non-hydrogen) atoms. The number of halogens is 4. The first-order valence-corrected chi connectivity index (χ1v) is 8.24. The van der Waals surface area contributed by atoms with Gasteiger partial charge in [0.2, 0.25) is 0 Å². The van der Waals surface area contributed by atoms with Gasteiger partial charge in [-0.3, -0.25) is 4.79 Å². The van der Waals surface area contributed by atoms with E-state index in [0.717, 1.165) is 17.7 Å². The van der Waals surface area contributed by atoms with Crippen molar-refractivity contribution in [2.75, 3.05) is 13.2 Å². The number of hydrogen-bond acceptors (Lipinski definition) is 4. The Morgan fingerprint density at radius 2 is 1.82 bits per heavy atom. The maximum absolute atomic E-state index is 13.7. The molecule has 150 valence electrons. The smallest absolute Gasteiger partial charge is 0.489 e. The Hall–Kier alpha value is -2.81. The van der Waals surface area contributed by atoms with Crippen molar-refractivity contribution in [3.05, 3.63) is 59.4 Å². The number of aliphatic carboxylic acids is 1. The van der Waals surface area contributed by atoms with Crippen molar-refractivity contribution in [1.82, 2.24) is 0 Å². The average molecular weight is 400 g/mol. The van der Waals surface area contributed by atoms with E-state index in [1.165, 1.54) is 6.07 Å². The van der Waals surface area contributed by atoms with Crippen LogP contribution in [0.5, 0.6) is 11.5 Å². The second-order valence-corrected chi connectivity index (χ2v) is 6.47. The number of alkyl halides is 3. The van der Waals surface area contributed by atoms with Gasteiger partial charge < -0.3 is 19.3 Å². The summed E-state index contributed by atoms with van der Waals surface area (Å²) in [7, 11) is 0. The molecule has 2 aromatic carbocycles. The van der Waals surface area contributed by atoms with Crippen molar-refractivity contribution < 1.29 is 41.7 Å². The maximum atomic E-state index is 13.7. The molecule has 0 aromatic heterocycles. The van der Waals surface area contributed by atoms with Crippen LogP contribution in [0.25, 0.3) is 0 Å². The molecule has 0 amide bonds. The topological polar surface area (TPSA) is 65.0 Å². The van der Waals surface area contributed by atoms with Gasteiger partial charge in [-0.1, -0.05) is 18.2 Å². The lowest BCUT2D eigenvalue weighted by Crippen LogP contribution is -2.48. The van der Waals surface area contributed by atoms with Gasteiger partial charge >= 0.3 is 12.3 Å². The SMILES string of the molecule is O=C(O)CC1(c2ccc(OCc3ccc(OC(F)(F)F)c(F)c3)cc2)COC1. The van der Waals surface area contributed by atoms with Crippen LogP contribution >= 0.6 is 0 Å². The molecule has 1 saturated heterocycles. The second kappa shape index (κ2) is 7.67. The van der Waals surface area contributed by atoms with Crippen molar-refractivity contribution in [3.63, 3.8) is 0 Å². The molecule has 0 aliphatic carbocycles. The molecule has 1 heterocycles. The number of carboxylic acid groups (broad SMARTS) is 1. The van der Waals surface area contributed by atoms with Gasteiger partial charge in [0.1, 0.15) is 12.4 Å². The van der Waals surface area contributed by atoms with Crippen LogP contribution in [-0.2, 0) is 21.6 Å². The largest absolute Gasteiger partial charge is 0.573 e. The lowest BCUT2D eigenvalue weighted by molar-refractivity contribution is -0.275. The average Bonchev–Trinajstić information content (AvgIpc) is 2.58. The molecule has 2 aromatic rings. The standard InChI is InChI=1S/C19H16F4O5/c20-15-7-12(1-6-16(15)28-19(21,22)23)9-27-14-4-2-13(3-5-14)18(8-17(24)25)10-26-11-18/h1-7H,8-11H2,(H,24,25). The van der Waals surface area contributed by atoms with Crippen LogP contribution in [0, 0.1) is 5.82 Å². The van der Waals surface area contributed by atoms with Gasteiger partial charge in [-0.05, 0) is 35.4 Å². The zero-order chi connectivity index (χ0) is 20.4. The van der Waals surface area contributed by atoms with Gasteiger partial charge in [0, 0.05) is 0 Å². The summed E-state index contributed by atoms with van der Waals surface area (Å²) in [5, 5.41) is 9.06. The summed E-state index contributed by atoms with van der Waals surface area (Å²) in [6.45, 7) is 0.586. The zero-order valence-corrected chi connectivity index (χ0v) is 14.5. The predicted octanol–water partition coefficient (Wildman–Crippen LogP) is 4.05. The Kier molecular flexibility index (Phi) is 5.46. The molecule has 3 rings (SSSR count). The molecule has 0 unspecified atom stereocenters. The Labute approximate surface area is 157 Å². The van der Waals surface area contributed by atoms with Gasteiger partial charge in [-0.2, -0.15) is 0 Å². The quantitative estimate of drug-likeness (QED) is 0.711. The van der Waals surface area contributed by atoms with E-state index in [1.54, 1.807) is 24.3 Å². The van der Waals surface area contributed by atoms with Crippen LogP contribution in [0.3, 0.4) is 0 Å². The molecular weight excluding hydrogens is 384 g/mol. The number of rotatable bonds is 7. The predicted molar refractivity (Wildman–Crippen MR) is 88.6 cm³/mol. The third-order valence-corrected chi connectivity index (χ3v) is 4.34. The molecular formula is C19H16F4O5. The summed E-state index contributed by atoms with van der Waals surface area (Å²) >= 11 is 0. The molecule has 1 N–H and O–H groups in total. The highest BCUT2D eigenvalue weighted by atomic mass is 19.4. The van der Waals surface area contributed by atoms with Crippen LogP contribution in [0.2, 0.25) is 0 Å². The van der Waals surface area contributed by atoms with Crippen LogP contribution < -0.4 is 9.47 Å². The zero-order valence-electron chi connectivity index (χ0n) is 14.5. The summed E-state index contributed by atoms with van der Waals surface area (Å²) in [4.78, 5) is 11.1. The maximum Gasteiger partial charge on any atom is 0.573 e. The fraction of sp³-hybridized carbons (Fsp3) is 0.316. The normalized spacial score (nSPS) is 15.6. The van der Waals surface area contributed by atoms with Crippen LogP contribution in [-0.4, -0.2) is 30.7 Å². The number of ether oxygens (including phenoxy) is 3. The lowest BCUT2D eigenvalue weighted by Gasteiger charge is -2.40. The number of carboxylic acids is 1. The third-order valence-electron chi connectivity index (χ3n) is 4.34. The van der Waals surface area contributed by atoms with Crippen molar-refractivity contribution >= 4 is 5.97 Å². The molecule has 9 heteroatoms. The van der Waals surface area contributed by atoms with E-state index in [1.807, 2.05) is 0 Å². The molecule has 0 bridgehead atoms. The number of carbonyl (C=O) groups is 1. The highest BCUT2D eigenvalue weighted by Gasteiger charge is 2.42. The van der Waals surface area contributed by atoms with E-state index in [9.17, 15) is 22.4 Å². The number of hydrogen-bond donors (Lipinski definition) is 1. The fourth-order valence-corrected chi connectivity index (χ4v) is 2.92. The summed E-state index contributed by atoms with van der Waals surface area (Å²) in [6.07, 6.45) is -5.01. The van der Waals surface area contributed by atoms with Crippen molar-refractivity contribution in [1.29, 1.82) is 0 Å². The minimum Gasteiger partial charge on any atom is -0.489 e. The number of benzene rings is 2. The molecule has 0 radical (unpaired) electrons. The first-order valence-electron chi connectivity index (χ1n) is 8.24. The van der Waals surface area contributed by atoms with Gasteiger partial charge in [0.05, 0.1) is 25.0 Å². The minimum absolute atomic E-state index is 0.0428. The summed E-state index contributed by atoms with van der Waals surface area (Å²) in [5.41, 5.74) is 0.584. The van der Waals surface area contributed by atoms with E-state index in [2.05, 4.69) is 4.74 Å². The van der Waals surface area contributed by atoms with E-state index >= 15 is 0 Å². The Balaban J connectivity index is 1.62. The highest BCUT2D eigenvalue weighted by molar-refractivity contribution is 5.69. The molecule has 0 spiro atoms. The lowest BCUT2D eigenvalue weighted by atomic mass is 9.76. The minimum atomic E-state index is -4.97. The summed E-state index contributed by atoms with van der Waals surface area (Å²) in [6, 6.07) is 9.83. The summed E-state index contributed by atoms with van der Waals surface area (Å²) < 4.78 is 64.4. The first-order chi connectivity index (χ1) is 13.2.